The van der Waals surface area contributed by atoms with E-state index in [1.54, 1.807) is 10.9 Å². The quantitative estimate of drug-likeness (QED) is 0.291. The maximum atomic E-state index is 12.9. The van der Waals surface area contributed by atoms with Gasteiger partial charge in [0.1, 0.15) is 5.56 Å². The van der Waals surface area contributed by atoms with Gasteiger partial charge in [0.05, 0.1) is 29.9 Å². The lowest BCUT2D eigenvalue weighted by Crippen LogP contribution is -2.35. The maximum Gasteiger partial charge on any atom is 0.341 e. The van der Waals surface area contributed by atoms with Crippen molar-refractivity contribution in [1.29, 1.82) is 0 Å². The Kier molecular flexibility index (Phi) is 7.28. The lowest BCUT2D eigenvalue weighted by atomic mass is 9.90. The highest BCUT2D eigenvalue weighted by molar-refractivity contribution is 5.91. The molecule has 202 valence electrons. The number of rotatable bonds is 9. The molecule has 2 aliphatic rings. The molecule has 3 atom stereocenters. The van der Waals surface area contributed by atoms with Crippen molar-refractivity contribution in [3.8, 4) is 5.69 Å². The lowest BCUT2D eigenvalue weighted by Gasteiger charge is -2.33. The molecule has 0 amide bonds. The number of piperidine rings is 1. The molecule has 0 radical (unpaired) electrons. The zero-order valence-corrected chi connectivity index (χ0v) is 22.7. The first kappa shape index (κ1) is 25.5. The molecule has 4 aromatic rings. The van der Waals surface area contributed by atoms with Crippen molar-refractivity contribution in [2.45, 2.75) is 50.4 Å². The molecule has 0 N–H and O–H groups in total. The normalized spacial score (nSPS) is 21.1. The molecule has 0 spiro atoms. The minimum absolute atomic E-state index is 0.149. The van der Waals surface area contributed by atoms with E-state index >= 15 is 0 Å². The second kappa shape index (κ2) is 11.1. The van der Waals surface area contributed by atoms with Gasteiger partial charge >= 0.3 is 5.97 Å². The molecule has 8 nitrogen and oxygen atoms in total. The summed E-state index contributed by atoms with van der Waals surface area (Å²) in [5, 5.41) is 13.2. The van der Waals surface area contributed by atoms with Crippen molar-refractivity contribution < 1.29 is 9.53 Å². The Balaban J connectivity index is 1.24. The van der Waals surface area contributed by atoms with Gasteiger partial charge in [-0.2, -0.15) is 5.10 Å². The van der Waals surface area contributed by atoms with Crippen LogP contribution in [0.15, 0.2) is 67.0 Å². The van der Waals surface area contributed by atoms with Crippen molar-refractivity contribution >= 4 is 5.97 Å². The fourth-order valence-corrected chi connectivity index (χ4v) is 6.02. The first-order valence-corrected chi connectivity index (χ1v) is 14.1. The molecule has 3 heterocycles. The van der Waals surface area contributed by atoms with Gasteiger partial charge in [-0.1, -0.05) is 47.7 Å². The van der Waals surface area contributed by atoms with E-state index in [1.165, 1.54) is 24.0 Å². The number of carbonyl (C=O) groups is 1. The van der Waals surface area contributed by atoms with Crippen LogP contribution < -0.4 is 0 Å². The van der Waals surface area contributed by atoms with Gasteiger partial charge in [-0.05, 0) is 68.3 Å². The molecule has 1 saturated heterocycles. The van der Waals surface area contributed by atoms with Gasteiger partial charge in [-0.3, -0.25) is 4.68 Å². The smallest absolute Gasteiger partial charge is 0.341 e. The topological polar surface area (TPSA) is 78.1 Å². The number of carbonyl (C=O) groups excluding carboxylic acids is 1. The van der Waals surface area contributed by atoms with Crippen LogP contribution in [-0.4, -0.2) is 61.9 Å². The maximum absolute atomic E-state index is 12.9. The van der Waals surface area contributed by atoms with Crippen LogP contribution >= 0.6 is 0 Å². The number of aryl methyl sites for hydroxylation is 1. The zero-order chi connectivity index (χ0) is 26.8. The largest absolute Gasteiger partial charge is 0.462 e. The Labute approximate surface area is 229 Å². The number of nitrogens with zero attached hydrogens (tertiary/aromatic N) is 6. The number of hydrogen-bond donors (Lipinski definition) is 0. The predicted octanol–water partition coefficient (Wildman–Crippen LogP) is 4.87. The summed E-state index contributed by atoms with van der Waals surface area (Å²) >= 11 is 0. The van der Waals surface area contributed by atoms with Crippen LogP contribution in [0, 0.1) is 0 Å². The molecule has 8 heteroatoms. The van der Waals surface area contributed by atoms with E-state index in [2.05, 4.69) is 69.8 Å². The fraction of sp³-hybridized carbons (Fsp3) is 0.419. The molecule has 1 unspecified atom stereocenters. The monoisotopic (exact) mass is 524 g/mol. The van der Waals surface area contributed by atoms with Crippen molar-refractivity contribution in [2.24, 2.45) is 7.05 Å². The van der Waals surface area contributed by atoms with E-state index in [-0.39, 0.29) is 17.8 Å². The number of hydrogen-bond acceptors (Lipinski definition) is 6. The Morgan fingerprint density at radius 3 is 2.77 bits per heavy atom. The third-order valence-electron chi connectivity index (χ3n) is 8.09. The van der Waals surface area contributed by atoms with E-state index in [4.69, 9.17) is 9.84 Å². The Morgan fingerprint density at radius 1 is 1.10 bits per heavy atom. The molecule has 1 saturated carbocycles. The van der Waals surface area contributed by atoms with Gasteiger partial charge < -0.3 is 9.64 Å². The Bertz CT molecular complexity index is 1430. The Hall–Kier alpha value is -3.78. The van der Waals surface area contributed by atoms with E-state index in [1.807, 2.05) is 24.9 Å². The van der Waals surface area contributed by atoms with Crippen LogP contribution in [0.5, 0.6) is 0 Å². The average molecular weight is 525 g/mol. The van der Waals surface area contributed by atoms with Crippen LogP contribution in [0.1, 0.15) is 76.8 Å². The van der Waals surface area contributed by atoms with Crippen LogP contribution in [0.3, 0.4) is 0 Å². The van der Waals surface area contributed by atoms with Gasteiger partial charge in [0.2, 0.25) is 0 Å². The summed E-state index contributed by atoms with van der Waals surface area (Å²) in [4.78, 5) is 15.5. The minimum atomic E-state index is -0.318. The highest BCUT2D eigenvalue weighted by Gasteiger charge is 2.46. The zero-order valence-electron chi connectivity index (χ0n) is 22.7. The number of likely N-dealkylation sites (tertiary alicyclic amines) is 1. The third-order valence-corrected chi connectivity index (χ3v) is 8.09. The first-order chi connectivity index (χ1) is 19.1. The number of aromatic nitrogens is 5. The summed E-state index contributed by atoms with van der Waals surface area (Å²) in [5.74, 6) is 0.532. The van der Waals surface area contributed by atoms with Crippen LogP contribution in [0.2, 0.25) is 0 Å². The lowest BCUT2D eigenvalue weighted by molar-refractivity contribution is 0.0525. The highest BCUT2D eigenvalue weighted by atomic mass is 16.5. The van der Waals surface area contributed by atoms with E-state index in [9.17, 15) is 4.79 Å². The molecular weight excluding hydrogens is 488 g/mol. The molecule has 0 bridgehead atoms. The van der Waals surface area contributed by atoms with Crippen molar-refractivity contribution in [1.82, 2.24) is 29.7 Å². The summed E-state index contributed by atoms with van der Waals surface area (Å²) in [6.45, 7) is 5.46. The van der Waals surface area contributed by atoms with E-state index < -0.39 is 0 Å². The second-order valence-electron chi connectivity index (χ2n) is 10.8. The van der Waals surface area contributed by atoms with Crippen molar-refractivity contribution in [3.05, 3.63) is 95.1 Å². The van der Waals surface area contributed by atoms with Gasteiger partial charge in [-0.25, -0.2) is 9.48 Å². The number of esters is 1. The third kappa shape index (κ3) is 5.52. The number of ether oxygens (including phenoxy) is 1. The summed E-state index contributed by atoms with van der Waals surface area (Å²) < 4.78 is 9.07. The van der Waals surface area contributed by atoms with Gasteiger partial charge in [0, 0.05) is 38.2 Å². The highest BCUT2D eigenvalue weighted by Crippen LogP contribution is 2.55. The summed E-state index contributed by atoms with van der Waals surface area (Å²) in [5.41, 5.74) is 6.13. The molecular formula is C31H36N6O2. The van der Waals surface area contributed by atoms with Crippen LogP contribution in [-0.2, 0) is 18.2 Å². The summed E-state index contributed by atoms with van der Waals surface area (Å²) in [6, 6.07) is 19.5. The van der Waals surface area contributed by atoms with Gasteiger partial charge in [-0.15, -0.1) is 5.10 Å². The summed E-state index contributed by atoms with van der Waals surface area (Å²) in [7, 11) is 1.88. The minimum Gasteiger partial charge on any atom is -0.462 e. The molecule has 2 fully saturated rings. The molecule has 2 aromatic carbocycles. The van der Waals surface area contributed by atoms with E-state index in [0.29, 0.717) is 18.1 Å². The molecule has 39 heavy (non-hydrogen) atoms. The Morgan fingerprint density at radius 2 is 1.97 bits per heavy atom. The standard InChI is InChI=1S/C31H36N6O2/c1-3-39-31(38)28-19-32-37(30(28)27-18-26(27)29-21-35(2)34-33-29)25-13-7-11-23(17-25)24-12-8-15-36(20-24)16-14-22-9-5-4-6-10-22/h4-7,9-11,13,17,19,21,24,26-27H,3,8,12,14-16,18,20H2,1-2H3/t24?,26-,27-/m1/s1. The van der Waals surface area contributed by atoms with Gasteiger partial charge in [0.25, 0.3) is 0 Å². The van der Waals surface area contributed by atoms with Gasteiger partial charge in [0.15, 0.2) is 0 Å². The van der Waals surface area contributed by atoms with Crippen molar-refractivity contribution in [2.75, 3.05) is 26.2 Å². The van der Waals surface area contributed by atoms with E-state index in [0.717, 1.165) is 49.6 Å². The molecule has 1 aliphatic heterocycles. The molecule has 2 aromatic heterocycles. The fourth-order valence-electron chi connectivity index (χ4n) is 6.02. The molecule has 6 rings (SSSR count). The van der Waals surface area contributed by atoms with Crippen molar-refractivity contribution in [3.63, 3.8) is 0 Å². The first-order valence-electron chi connectivity index (χ1n) is 14.1. The SMILES string of the molecule is CCOC(=O)c1cnn(-c2cccc(C3CCCN(CCc4ccccc4)C3)c2)c1[C@@H]1C[C@H]1c1cn(C)nn1. The van der Waals surface area contributed by atoms with Crippen LogP contribution in [0.4, 0.5) is 0 Å². The van der Waals surface area contributed by atoms with Crippen LogP contribution in [0.25, 0.3) is 5.69 Å². The average Bonchev–Trinajstić information content (AvgIpc) is 3.42. The second-order valence-corrected chi connectivity index (χ2v) is 10.8. The summed E-state index contributed by atoms with van der Waals surface area (Å²) in [6.07, 6.45) is 8.00. The predicted molar refractivity (Wildman–Crippen MR) is 149 cm³/mol. The molecule has 1 aliphatic carbocycles. The number of benzene rings is 2.